The Kier molecular flexibility index (Phi) is 2.26. The quantitative estimate of drug-likeness (QED) is 0.750. The molecule has 6 heteroatoms. The standard InChI is InChI=1S/C9H3ClF3O2/c10-7-3-5(15-9(11,12)13)4-8-6(7)1-2-14-8/h2-4H. The van der Waals surface area contributed by atoms with Crippen molar-refractivity contribution in [2.24, 2.45) is 0 Å². The van der Waals surface area contributed by atoms with Crippen LogP contribution < -0.4 is 4.74 Å². The molecule has 0 aliphatic heterocycles. The third-order valence-corrected chi connectivity index (χ3v) is 1.95. The number of fused-ring (bicyclic) bond motifs is 1. The molecule has 2 nitrogen and oxygen atoms in total. The Morgan fingerprint density at radius 1 is 1.33 bits per heavy atom. The van der Waals surface area contributed by atoms with Crippen LogP contribution in [0.5, 0.6) is 5.75 Å². The molecule has 0 N–H and O–H groups in total. The molecule has 15 heavy (non-hydrogen) atoms. The maximum Gasteiger partial charge on any atom is 0.573 e. The highest BCUT2D eigenvalue weighted by Gasteiger charge is 2.31. The molecule has 0 fully saturated rings. The van der Waals surface area contributed by atoms with Crippen LogP contribution >= 0.6 is 11.6 Å². The summed E-state index contributed by atoms with van der Waals surface area (Å²) >= 11 is 5.69. The maximum absolute atomic E-state index is 11.9. The van der Waals surface area contributed by atoms with E-state index in [0.29, 0.717) is 5.39 Å². The average Bonchev–Trinajstić information content (AvgIpc) is 2.48. The Balaban J connectivity index is 2.45. The van der Waals surface area contributed by atoms with Crippen LogP contribution in [0.15, 0.2) is 22.8 Å². The maximum atomic E-state index is 11.9. The lowest BCUT2D eigenvalue weighted by molar-refractivity contribution is -0.274. The average molecular weight is 236 g/mol. The van der Waals surface area contributed by atoms with Gasteiger partial charge in [-0.1, -0.05) is 11.6 Å². The number of alkyl halides is 3. The summed E-state index contributed by atoms with van der Waals surface area (Å²) in [5, 5.41) is 0.520. The van der Waals surface area contributed by atoms with Crippen LogP contribution in [0.1, 0.15) is 0 Å². The lowest BCUT2D eigenvalue weighted by Crippen LogP contribution is -2.17. The monoisotopic (exact) mass is 235 g/mol. The third kappa shape index (κ3) is 2.18. The van der Waals surface area contributed by atoms with Crippen molar-refractivity contribution in [3.8, 4) is 5.75 Å². The van der Waals surface area contributed by atoms with Crippen molar-refractivity contribution in [3.05, 3.63) is 29.5 Å². The lowest BCUT2D eigenvalue weighted by Gasteiger charge is -2.08. The van der Waals surface area contributed by atoms with E-state index in [4.69, 9.17) is 16.0 Å². The van der Waals surface area contributed by atoms with Gasteiger partial charge in [-0.3, -0.25) is 0 Å². The highest BCUT2D eigenvalue weighted by atomic mass is 35.5. The van der Waals surface area contributed by atoms with Crippen LogP contribution in [-0.2, 0) is 0 Å². The molecule has 0 aliphatic rings. The Morgan fingerprint density at radius 2 is 2.07 bits per heavy atom. The van der Waals surface area contributed by atoms with E-state index in [-0.39, 0.29) is 10.6 Å². The summed E-state index contributed by atoms with van der Waals surface area (Å²) in [6.45, 7) is 0. The van der Waals surface area contributed by atoms with Crippen LogP contribution in [0.2, 0.25) is 5.02 Å². The fraction of sp³-hybridized carbons (Fsp3) is 0.111. The predicted octanol–water partition coefficient (Wildman–Crippen LogP) is 3.78. The molecule has 1 radical (unpaired) electrons. The van der Waals surface area contributed by atoms with Gasteiger partial charge in [-0.2, -0.15) is 0 Å². The van der Waals surface area contributed by atoms with Crippen molar-refractivity contribution in [1.29, 1.82) is 0 Å². The van der Waals surface area contributed by atoms with Crippen LogP contribution in [0.25, 0.3) is 11.0 Å². The molecule has 0 unspecified atom stereocenters. The first-order chi connectivity index (χ1) is 6.96. The van der Waals surface area contributed by atoms with Gasteiger partial charge in [0.1, 0.15) is 11.3 Å². The van der Waals surface area contributed by atoms with Gasteiger partial charge >= 0.3 is 6.36 Å². The first kappa shape index (κ1) is 10.2. The highest BCUT2D eigenvalue weighted by molar-refractivity contribution is 6.35. The minimum Gasteiger partial charge on any atom is -0.463 e. The third-order valence-electron chi connectivity index (χ3n) is 1.65. The molecule has 0 aliphatic carbocycles. The van der Waals surface area contributed by atoms with Gasteiger partial charge in [-0.25, -0.2) is 0 Å². The van der Waals surface area contributed by atoms with E-state index in [1.54, 1.807) is 0 Å². The minimum absolute atomic E-state index is 0.0977. The fourth-order valence-electron chi connectivity index (χ4n) is 1.14. The second-order valence-corrected chi connectivity index (χ2v) is 3.11. The first-order valence-electron chi connectivity index (χ1n) is 3.80. The molecule has 2 rings (SSSR count). The summed E-state index contributed by atoms with van der Waals surface area (Å²) < 4.78 is 44.3. The van der Waals surface area contributed by atoms with E-state index in [2.05, 4.69) is 10.8 Å². The number of hydrogen-bond acceptors (Lipinski definition) is 2. The van der Waals surface area contributed by atoms with E-state index in [9.17, 15) is 13.2 Å². The number of halogens is 4. The molecule has 79 valence electrons. The summed E-state index contributed by atoms with van der Waals surface area (Å²) in [4.78, 5) is 0. The number of benzene rings is 1. The molecule has 2 aromatic rings. The van der Waals surface area contributed by atoms with Crippen molar-refractivity contribution < 1.29 is 22.3 Å². The van der Waals surface area contributed by atoms with Crippen LogP contribution in [-0.4, -0.2) is 6.36 Å². The van der Waals surface area contributed by atoms with Crippen molar-refractivity contribution in [2.45, 2.75) is 6.36 Å². The smallest absolute Gasteiger partial charge is 0.463 e. The van der Waals surface area contributed by atoms with Crippen molar-refractivity contribution >= 4 is 22.6 Å². The number of rotatable bonds is 1. The van der Waals surface area contributed by atoms with E-state index in [1.807, 2.05) is 0 Å². The zero-order valence-corrected chi connectivity index (χ0v) is 7.82. The largest absolute Gasteiger partial charge is 0.573 e. The van der Waals surface area contributed by atoms with Gasteiger partial charge in [0.15, 0.2) is 0 Å². The topological polar surface area (TPSA) is 22.4 Å². The van der Waals surface area contributed by atoms with Crippen molar-refractivity contribution in [1.82, 2.24) is 0 Å². The van der Waals surface area contributed by atoms with E-state index in [1.165, 1.54) is 6.26 Å². The molecular formula is C9H3ClF3O2. The molecule has 0 saturated heterocycles. The van der Waals surface area contributed by atoms with Gasteiger partial charge in [-0.15, -0.1) is 13.2 Å². The molecule has 0 amide bonds. The van der Waals surface area contributed by atoms with Gasteiger partial charge in [0.25, 0.3) is 0 Å². The van der Waals surface area contributed by atoms with Crippen LogP contribution in [0.4, 0.5) is 13.2 Å². The van der Waals surface area contributed by atoms with Gasteiger partial charge in [0.05, 0.1) is 11.3 Å². The molecular weight excluding hydrogens is 233 g/mol. The number of ether oxygens (including phenoxy) is 1. The number of hydrogen-bond donors (Lipinski definition) is 0. The van der Waals surface area contributed by atoms with Crippen molar-refractivity contribution in [2.75, 3.05) is 0 Å². The summed E-state index contributed by atoms with van der Waals surface area (Å²) in [5.74, 6) is -0.414. The zero-order valence-electron chi connectivity index (χ0n) is 7.06. The Morgan fingerprint density at radius 3 is 2.73 bits per heavy atom. The van der Waals surface area contributed by atoms with Gasteiger partial charge in [-0.05, 0) is 0 Å². The summed E-state index contributed by atoms with van der Waals surface area (Å²) in [5.41, 5.74) is 0.196. The molecule has 0 saturated carbocycles. The Hall–Kier alpha value is -1.36. The molecule has 1 heterocycles. The van der Waals surface area contributed by atoms with Gasteiger partial charge < -0.3 is 9.15 Å². The molecule has 1 aromatic heterocycles. The molecule has 0 spiro atoms. The fourth-order valence-corrected chi connectivity index (χ4v) is 1.39. The molecule has 0 bridgehead atoms. The van der Waals surface area contributed by atoms with E-state index < -0.39 is 12.1 Å². The van der Waals surface area contributed by atoms with E-state index >= 15 is 0 Å². The highest BCUT2D eigenvalue weighted by Crippen LogP contribution is 2.32. The Labute approximate surface area is 87.2 Å². The zero-order chi connectivity index (χ0) is 11.1. The Bertz CT molecular complexity index is 490. The lowest BCUT2D eigenvalue weighted by atomic mass is 10.2. The molecule has 0 atom stereocenters. The summed E-state index contributed by atoms with van der Waals surface area (Å²) in [6.07, 6.45) is -3.53. The first-order valence-corrected chi connectivity index (χ1v) is 4.18. The number of furan rings is 1. The second-order valence-electron chi connectivity index (χ2n) is 2.71. The summed E-state index contributed by atoms with van der Waals surface area (Å²) in [7, 11) is 0. The molecule has 1 aromatic carbocycles. The second kappa shape index (κ2) is 3.34. The minimum atomic E-state index is -4.74. The van der Waals surface area contributed by atoms with Gasteiger partial charge in [0, 0.05) is 23.6 Å². The van der Waals surface area contributed by atoms with E-state index in [0.717, 1.165) is 12.1 Å². The van der Waals surface area contributed by atoms with Crippen LogP contribution in [0.3, 0.4) is 0 Å². The SMILES string of the molecule is FC(F)(F)Oc1cc(Cl)c2[c]coc2c1. The van der Waals surface area contributed by atoms with Crippen LogP contribution in [0, 0.1) is 6.07 Å². The predicted molar refractivity (Wildman–Crippen MR) is 46.7 cm³/mol. The van der Waals surface area contributed by atoms with Gasteiger partial charge in [0.2, 0.25) is 0 Å². The summed E-state index contributed by atoms with van der Waals surface area (Å²) in [6, 6.07) is 4.80. The van der Waals surface area contributed by atoms with Crippen molar-refractivity contribution in [3.63, 3.8) is 0 Å². The normalized spacial score (nSPS) is 12.0.